The highest BCUT2D eigenvalue weighted by Gasteiger charge is 2.21. The summed E-state index contributed by atoms with van der Waals surface area (Å²) in [5, 5.41) is 19.8. The van der Waals surface area contributed by atoms with Crippen molar-refractivity contribution in [1.29, 1.82) is 5.26 Å². The number of nitrogens with one attached hydrogen (secondary N) is 1. The summed E-state index contributed by atoms with van der Waals surface area (Å²) in [5.74, 6) is 0. The van der Waals surface area contributed by atoms with Gasteiger partial charge in [0.25, 0.3) is 15.7 Å². The third-order valence-corrected chi connectivity index (χ3v) is 4.47. The Bertz CT molecular complexity index is 885. The number of nitriles is 1. The van der Waals surface area contributed by atoms with Crippen LogP contribution >= 0.6 is 0 Å². The van der Waals surface area contributed by atoms with E-state index in [1.54, 1.807) is 12.1 Å². The highest BCUT2D eigenvalue weighted by atomic mass is 32.2. The van der Waals surface area contributed by atoms with E-state index in [9.17, 15) is 18.5 Å². The minimum Gasteiger partial charge on any atom is -0.278 e. The van der Waals surface area contributed by atoms with E-state index in [4.69, 9.17) is 5.26 Å². The molecule has 2 aromatic carbocycles. The number of para-hydroxylation sites is 1. The fourth-order valence-electron chi connectivity index (χ4n) is 1.86. The molecule has 0 aliphatic heterocycles. The van der Waals surface area contributed by atoms with Gasteiger partial charge in [-0.05, 0) is 24.6 Å². The number of nitro benzene ring substituents is 1. The van der Waals surface area contributed by atoms with E-state index < -0.39 is 14.9 Å². The molecule has 22 heavy (non-hydrogen) atoms. The molecule has 2 rings (SSSR count). The fourth-order valence-corrected chi connectivity index (χ4v) is 3.21. The molecular weight excluding hydrogens is 306 g/mol. The lowest BCUT2D eigenvalue weighted by atomic mass is 10.2. The summed E-state index contributed by atoms with van der Waals surface area (Å²) in [6.07, 6.45) is 0. The smallest absolute Gasteiger partial charge is 0.270 e. The zero-order chi connectivity index (χ0) is 16.3. The van der Waals surface area contributed by atoms with Crippen molar-refractivity contribution in [2.75, 3.05) is 4.72 Å². The van der Waals surface area contributed by atoms with Gasteiger partial charge in [-0.25, -0.2) is 8.42 Å². The van der Waals surface area contributed by atoms with Gasteiger partial charge in [-0.15, -0.1) is 0 Å². The third-order valence-electron chi connectivity index (χ3n) is 2.96. The van der Waals surface area contributed by atoms with Gasteiger partial charge >= 0.3 is 0 Å². The number of benzene rings is 2. The first-order valence-corrected chi connectivity index (χ1v) is 7.60. The first-order chi connectivity index (χ1) is 10.3. The Morgan fingerprint density at radius 3 is 2.55 bits per heavy atom. The van der Waals surface area contributed by atoms with Crippen LogP contribution in [0.15, 0.2) is 47.4 Å². The first kappa shape index (κ1) is 15.5. The summed E-state index contributed by atoms with van der Waals surface area (Å²) in [6.45, 7) is 1.54. The Kier molecular flexibility index (Phi) is 4.10. The predicted molar refractivity (Wildman–Crippen MR) is 79.8 cm³/mol. The van der Waals surface area contributed by atoms with E-state index in [-0.39, 0.29) is 21.8 Å². The van der Waals surface area contributed by atoms with E-state index in [0.29, 0.717) is 5.56 Å². The van der Waals surface area contributed by atoms with Crippen molar-refractivity contribution in [3.05, 3.63) is 63.7 Å². The number of nitro groups is 1. The van der Waals surface area contributed by atoms with Gasteiger partial charge in [-0.3, -0.25) is 14.8 Å². The van der Waals surface area contributed by atoms with Crippen molar-refractivity contribution < 1.29 is 13.3 Å². The molecule has 0 saturated carbocycles. The minimum absolute atomic E-state index is 0.121. The first-order valence-electron chi connectivity index (χ1n) is 6.12. The van der Waals surface area contributed by atoms with Gasteiger partial charge in [-0.2, -0.15) is 5.26 Å². The molecule has 0 aliphatic rings. The van der Waals surface area contributed by atoms with Gasteiger partial charge < -0.3 is 0 Å². The van der Waals surface area contributed by atoms with E-state index in [2.05, 4.69) is 4.72 Å². The molecule has 0 aliphatic carbocycles. The summed E-state index contributed by atoms with van der Waals surface area (Å²) < 4.78 is 27.1. The average Bonchev–Trinajstić information content (AvgIpc) is 2.47. The van der Waals surface area contributed by atoms with Crippen LogP contribution < -0.4 is 4.72 Å². The summed E-state index contributed by atoms with van der Waals surface area (Å²) in [6, 6.07) is 11.6. The molecule has 0 amide bonds. The molecular formula is C14H11N3O4S. The van der Waals surface area contributed by atoms with Gasteiger partial charge in [0, 0.05) is 12.1 Å². The number of anilines is 1. The van der Waals surface area contributed by atoms with Crippen LogP contribution in [-0.2, 0) is 10.0 Å². The molecule has 0 fully saturated rings. The zero-order valence-electron chi connectivity index (χ0n) is 11.5. The van der Waals surface area contributed by atoms with Gasteiger partial charge in [0.05, 0.1) is 21.1 Å². The zero-order valence-corrected chi connectivity index (χ0v) is 12.3. The quantitative estimate of drug-likeness (QED) is 0.687. The summed E-state index contributed by atoms with van der Waals surface area (Å²) in [7, 11) is -4.04. The molecule has 0 unspecified atom stereocenters. The third kappa shape index (κ3) is 3.05. The van der Waals surface area contributed by atoms with Crippen molar-refractivity contribution in [2.45, 2.75) is 11.8 Å². The summed E-state index contributed by atoms with van der Waals surface area (Å²) in [5.41, 5.74) is 0.331. The van der Waals surface area contributed by atoms with Gasteiger partial charge in [0.2, 0.25) is 0 Å². The van der Waals surface area contributed by atoms with Gasteiger partial charge in [-0.1, -0.05) is 18.2 Å². The van der Waals surface area contributed by atoms with E-state index in [1.807, 2.05) is 6.07 Å². The highest BCUT2D eigenvalue weighted by molar-refractivity contribution is 7.92. The van der Waals surface area contributed by atoms with Crippen LogP contribution in [0.5, 0.6) is 0 Å². The second-order valence-corrected chi connectivity index (χ2v) is 6.12. The lowest BCUT2D eigenvalue weighted by Crippen LogP contribution is -2.15. The molecule has 0 saturated heterocycles. The van der Waals surface area contributed by atoms with E-state index in [0.717, 1.165) is 6.07 Å². The molecule has 0 spiro atoms. The number of rotatable bonds is 4. The number of aryl methyl sites for hydroxylation is 1. The van der Waals surface area contributed by atoms with Crippen LogP contribution in [0.3, 0.4) is 0 Å². The lowest BCUT2D eigenvalue weighted by molar-refractivity contribution is -0.385. The molecule has 112 valence electrons. The Balaban J connectivity index is 2.50. The maximum atomic E-state index is 12.4. The fraction of sp³-hybridized carbons (Fsp3) is 0.0714. The largest absolute Gasteiger partial charge is 0.278 e. The Hall–Kier alpha value is -2.92. The molecule has 0 aromatic heterocycles. The second-order valence-electron chi connectivity index (χ2n) is 4.47. The molecule has 8 heteroatoms. The van der Waals surface area contributed by atoms with Crippen LogP contribution in [0, 0.1) is 28.4 Å². The maximum absolute atomic E-state index is 12.4. The lowest BCUT2D eigenvalue weighted by Gasteiger charge is -2.11. The van der Waals surface area contributed by atoms with Crippen molar-refractivity contribution in [2.24, 2.45) is 0 Å². The van der Waals surface area contributed by atoms with Crippen LogP contribution in [0.1, 0.15) is 11.1 Å². The maximum Gasteiger partial charge on any atom is 0.270 e. The van der Waals surface area contributed by atoms with Crippen LogP contribution in [-0.4, -0.2) is 13.3 Å². The molecule has 7 nitrogen and oxygen atoms in total. The summed E-state index contributed by atoms with van der Waals surface area (Å²) >= 11 is 0. The van der Waals surface area contributed by atoms with Crippen molar-refractivity contribution >= 4 is 21.4 Å². The minimum atomic E-state index is -4.04. The Morgan fingerprint density at radius 1 is 1.23 bits per heavy atom. The predicted octanol–water partition coefficient (Wildman–Crippen LogP) is 2.58. The van der Waals surface area contributed by atoms with E-state index >= 15 is 0 Å². The monoisotopic (exact) mass is 317 g/mol. The highest BCUT2D eigenvalue weighted by Crippen LogP contribution is 2.25. The standard InChI is InChI=1S/C14H11N3O4S/c1-10-6-7-12(17(18)19)8-14(10)22(20,21)16-13-5-3-2-4-11(13)9-15/h2-8,16H,1H3. The van der Waals surface area contributed by atoms with Gasteiger partial charge in [0.1, 0.15) is 6.07 Å². The van der Waals surface area contributed by atoms with Crippen molar-refractivity contribution in [3.8, 4) is 6.07 Å². The number of nitrogens with zero attached hydrogens (tertiary/aromatic N) is 2. The van der Waals surface area contributed by atoms with Crippen molar-refractivity contribution in [1.82, 2.24) is 0 Å². The Morgan fingerprint density at radius 2 is 1.91 bits per heavy atom. The molecule has 0 radical (unpaired) electrons. The number of hydrogen-bond acceptors (Lipinski definition) is 5. The SMILES string of the molecule is Cc1ccc([N+](=O)[O-])cc1S(=O)(=O)Nc1ccccc1C#N. The van der Waals surface area contributed by atoms with E-state index in [1.165, 1.54) is 31.2 Å². The topological polar surface area (TPSA) is 113 Å². The van der Waals surface area contributed by atoms with Crippen molar-refractivity contribution in [3.63, 3.8) is 0 Å². The average molecular weight is 317 g/mol. The van der Waals surface area contributed by atoms with Crippen LogP contribution in [0.25, 0.3) is 0 Å². The van der Waals surface area contributed by atoms with Gasteiger partial charge in [0.15, 0.2) is 0 Å². The number of hydrogen-bond donors (Lipinski definition) is 1. The molecule has 0 atom stereocenters. The second kappa shape index (κ2) is 5.83. The molecule has 0 heterocycles. The number of non-ortho nitro benzene ring substituents is 1. The van der Waals surface area contributed by atoms with Crippen LogP contribution in [0.2, 0.25) is 0 Å². The molecule has 1 N–H and O–H groups in total. The molecule has 0 bridgehead atoms. The van der Waals surface area contributed by atoms with Crippen LogP contribution in [0.4, 0.5) is 11.4 Å². The Labute approximate surface area is 127 Å². The summed E-state index contributed by atoms with van der Waals surface area (Å²) in [4.78, 5) is 9.93. The number of sulfonamides is 1. The molecule has 2 aromatic rings. The normalized spacial score (nSPS) is 10.7.